The van der Waals surface area contributed by atoms with E-state index in [9.17, 15) is 4.57 Å². The zero-order valence-electron chi connectivity index (χ0n) is 14.0. The van der Waals surface area contributed by atoms with Crippen LogP contribution in [0.15, 0.2) is 0 Å². The van der Waals surface area contributed by atoms with Crippen LogP contribution in [0.4, 0.5) is 0 Å². The summed E-state index contributed by atoms with van der Waals surface area (Å²) in [5, 5.41) is 0. The Hall–Kier alpha value is 0.0300. The highest BCUT2D eigenvalue weighted by Gasteiger charge is 2.17. The lowest BCUT2D eigenvalue weighted by molar-refractivity contribution is -0.262. The van der Waals surface area contributed by atoms with Crippen LogP contribution < -0.4 is 0 Å². The first-order valence-corrected chi connectivity index (χ1v) is 9.97. The summed E-state index contributed by atoms with van der Waals surface area (Å²) in [4.78, 5) is 21.4. The standard InChI is InChI=1S/C15H33O6P/c1-3-4-5-6-7-8-9-10-11-12-13-19-14-15(2)20-21-22(16,17)18/h15H,3-14H2,1-2H3,(H2,16,17,18). The van der Waals surface area contributed by atoms with Crippen molar-refractivity contribution in [3.63, 3.8) is 0 Å². The SMILES string of the molecule is CCCCCCCCCCCCOCC(C)OOP(=O)(O)O. The van der Waals surface area contributed by atoms with Crippen LogP contribution in [0.1, 0.15) is 78.1 Å². The summed E-state index contributed by atoms with van der Waals surface area (Å²) in [5.74, 6) is 0. The minimum absolute atomic E-state index is 0.261. The van der Waals surface area contributed by atoms with Gasteiger partial charge in [0.25, 0.3) is 0 Å². The predicted octanol–water partition coefficient (Wildman–Crippen LogP) is 4.35. The molecule has 0 bridgehead atoms. The smallest absolute Gasteiger partial charge is 0.379 e. The molecule has 0 amide bonds. The van der Waals surface area contributed by atoms with Crippen LogP contribution in [0.25, 0.3) is 0 Å². The van der Waals surface area contributed by atoms with Gasteiger partial charge in [0.1, 0.15) is 6.10 Å². The van der Waals surface area contributed by atoms with E-state index in [-0.39, 0.29) is 6.61 Å². The Morgan fingerprint density at radius 3 is 1.91 bits per heavy atom. The average Bonchev–Trinajstić information content (AvgIpc) is 2.45. The van der Waals surface area contributed by atoms with E-state index in [2.05, 4.69) is 16.5 Å². The Morgan fingerprint density at radius 1 is 0.909 bits per heavy atom. The molecule has 0 aliphatic rings. The molecule has 0 aliphatic heterocycles. The van der Waals surface area contributed by atoms with Gasteiger partial charge in [-0.1, -0.05) is 64.7 Å². The van der Waals surface area contributed by atoms with Gasteiger partial charge in [-0.2, -0.15) is 0 Å². The van der Waals surface area contributed by atoms with E-state index in [0.29, 0.717) is 6.61 Å². The van der Waals surface area contributed by atoms with Gasteiger partial charge in [0.05, 0.1) is 6.61 Å². The van der Waals surface area contributed by atoms with Gasteiger partial charge in [0, 0.05) is 6.61 Å². The normalized spacial score (nSPS) is 13.5. The fourth-order valence-electron chi connectivity index (χ4n) is 2.10. The number of phosphoric acid groups is 1. The second kappa shape index (κ2) is 14.6. The van der Waals surface area contributed by atoms with E-state index in [1.807, 2.05) is 0 Å². The van der Waals surface area contributed by atoms with Crippen LogP contribution in [-0.4, -0.2) is 29.1 Å². The lowest BCUT2D eigenvalue weighted by atomic mass is 10.1. The molecule has 0 rings (SSSR count). The van der Waals surface area contributed by atoms with Crippen molar-refractivity contribution < 1.29 is 28.7 Å². The average molecular weight is 340 g/mol. The van der Waals surface area contributed by atoms with Crippen LogP contribution in [-0.2, 0) is 18.9 Å². The van der Waals surface area contributed by atoms with E-state index >= 15 is 0 Å². The molecule has 0 saturated carbocycles. The highest BCUT2D eigenvalue weighted by Crippen LogP contribution is 2.36. The third kappa shape index (κ3) is 18.1. The molecule has 7 heteroatoms. The summed E-state index contributed by atoms with van der Waals surface area (Å²) in [7, 11) is -4.57. The minimum atomic E-state index is -4.57. The van der Waals surface area contributed by atoms with Crippen molar-refractivity contribution in [2.24, 2.45) is 0 Å². The Kier molecular flexibility index (Phi) is 14.6. The zero-order valence-corrected chi connectivity index (χ0v) is 14.9. The van der Waals surface area contributed by atoms with E-state index in [4.69, 9.17) is 14.5 Å². The number of hydrogen-bond donors (Lipinski definition) is 2. The molecule has 6 nitrogen and oxygen atoms in total. The lowest BCUT2D eigenvalue weighted by Gasteiger charge is -2.12. The van der Waals surface area contributed by atoms with Crippen molar-refractivity contribution in [3.05, 3.63) is 0 Å². The quantitative estimate of drug-likeness (QED) is 0.188. The van der Waals surface area contributed by atoms with Gasteiger partial charge in [-0.15, -0.1) is 4.67 Å². The largest absolute Gasteiger partial charge is 0.496 e. The maximum atomic E-state index is 10.4. The summed E-state index contributed by atoms with van der Waals surface area (Å²) in [6, 6.07) is 0. The van der Waals surface area contributed by atoms with Gasteiger partial charge >= 0.3 is 7.82 Å². The van der Waals surface area contributed by atoms with E-state index < -0.39 is 13.9 Å². The van der Waals surface area contributed by atoms with Crippen molar-refractivity contribution >= 4 is 7.82 Å². The molecule has 0 saturated heterocycles. The third-order valence-electron chi connectivity index (χ3n) is 3.30. The zero-order chi connectivity index (χ0) is 16.7. The van der Waals surface area contributed by atoms with Crippen molar-refractivity contribution in [2.45, 2.75) is 84.2 Å². The van der Waals surface area contributed by atoms with Crippen LogP contribution in [0.2, 0.25) is 0 Å². The van der Waals surface area contributed by atoms with Crippen LogP contribution in [0.5, 0.6) is 0 Å². The van der Waals surface area contributed by atoms with Gasteiger partial charge in [0.15, 0.2) is 0 Å². The predicted molar refractivity (Wildman–Crippen MR) is 86.3 cm³/mol. The highest BCUT2D eigenvalue weighted by molar-refractivity contribution is 7.46. The maximum Gasteiger partial charge on any atom is 0.496 e. The summed E-state index contributed by atoms with van der Waals surface area (Å²) < 4.78 is 19.7. The molecule has 1 atom stereocenters. The van der Waals surface area contributed by atoms with Gasteiger partial charge in [-0.05, 0) is 13.3 Å². The maximum absolute atomic E-state index is 10.4. The second-order valence-corrected chi connectivity index (χ2v) is 6.86. The number of hydrogen-bond acceptors (Lipinski definition) is 4. The van der Waals surface area contributed by atoms with Crippen molar-refractivity contribution in [1.82, 2.24) is 0 Å². The Bertz CT molecular complexity index is 281. The van der Waals surface area contributed by atoms with E-state index in [0.717, 1.165) is 12.8 Å². The third-order valence-corrected chi connectivity index (χ3v) is 3.58. The molecular formula is C15H33O6P. The molecule has 1 unspecified atom stereocenters. The first-order chi connectivity index (χ1) is 10.5. The second-order valence-electron chi connectivity index (χ2n) is 5.73. The molecule has 0 aromatic heterocycles. The van der Waals surface area contributed by atoms with Gasteiger partial charge in [-0.25, -0.2) is 9.45 Å². The molecule has 0 aliphatic carbocycles. The molecule has 134 valence electrons. The van der Waals surface area contributed by atoms with Crippen molar-refractivity contribution in [3.8, 4) is 0 Å². The fourth-order valence-corrected chi connectivity index (χ4v) is 2.36. The Balaban J connectivity index is 3.18. The summed E-state index contributed by atoms with van der Waals surface area (Å²) in [6.07, 6.45) is 12.3. The molecule has 0 heterocycles. The number of unbranched alkanes of at least 4 members (excludes halogenated alkanes) is 9. The molecule has 2 N–H and O–H groups in total. The minimum Gasteiger partial charge on any atom is -0.379 e. The Labute approximate surface area is 134 Å². The molecule has 0 aromatic rings. The lowest BCUT2D eigenvalue weighted by Crippen LogP contribution is -2.16. The van der Waals surface area contributed by atoms with E-state index in [1.54, 1.807) is 6.92 Å². The van der Waals surface area contributed by atoms with E-state index in [1.165, 1.54) is 51.4 Å². The van der Waals surface area contributed by atoms with Crippen LogP contribution >= 0.6 is 7.82 Å². The van der Waals surface area contributed by atoms with Crippen molar-refractivity contribution in [2.75, 3.05) is 13.2 Å². The summed E-state index contributed by atoms with van der Waals surface area (Å²) in [6.45, 7) is 4.77. The first kappa shape index (κ1) is 22.0. The summed E-state index contributed by atoms with van der Waals surface area (Å²) in [5.41, 5.74) is 0. The molecule has 22 heavy (non-hydrogen) atoms. The summed E-state index contributed by atoms with van der Waals surface area (Å²) >= 11 is 0. The molecule has 0 aromatic carbocycles. The topological polar surface area (TPSA) is 85.2 Å². The van der Waals surface area contributed by atoms with Gasteiger partial charge in [0.2, 0.25) is 0 Å². The first-order valence-electron chi connectivity index (χ1n) is 8.44. The molecule has 0 spiro atoms. The molecule has 0 radical (unpaired) electrons. The van der Waals surface area contributed by atoms with Crippen molar-refractivity contribution in [1.29, 1.82) is 0 Å². The highest BCUT2D eigenvalue weighted by atomic mass is 31.2. The molecule has 0 fully saturated rings. The monoisotopic (exact) mass is 340 g/mol. The van der Waals surface area contributed by atoms with Crippen LogP contribution in [0.3, 0.4) is 0 Å². The van der Waals surface area contributed by atoms with Gasteiger partial charge < -0.3 is 14.5 Å². The van der Waals surface area contributed by atoms with Crippen LogP contribution in [0, 0.1) is 0 Å². The number of rotatable bonds is 16. The fraction of sp³-hybridized carbons (Fsp3) is 1.00. The number of ether oxygens (including phenoxy) is 1. The Morgan fingerprint density at radius 2 is 1.41 bits per heavy atom. The molecular weight excluding hydrogens is 307 g/mol. The van der Waals surface area contributed by atoms with Gasteiger partial charge in [-0.3, -0.25) is 0 Å².